The van der Waals surface area contributed by atoms with Gasteiger partial charge >= 0.3 is 0 Å². The van der Waals surface area contributed by atoms with Gasteiger partial charge in [-0.2, -0.15) is 10.1 Å². The summed E-state index contributed by atoms with van der Waals surface area (Å²) in [6.45, 7) is 5.27. The van der Waals surface area contributed by atoms with E-state index in [0.717, 1.165) is 0 Å². The van der Waals surface area contributed by atoms with Crippen molar-refractivity contribution in [2.75, 3.05) is 18.5 Å². The normalized spacial score (nSPS) is 12.5. The first-order valence-corrected chi connectivity index (χ1v) is 4.79. The summed E-state index contributed by atoms with van der Waals surface area (Å²) in [7, 11) is 0. The van der Waals surface area contributed by atoms with Crippen molar-refractivity contribution in [3.8, 4) is 0 Å². The molecule has 5 nitrogen and oxygen atoms in total. The number of hydrogen-bond acceptors (Lipinski definition) is 5. The van der Waals surface area contributed by atoms with Crippen molar-refractivity contribution in [2.24, 2.45) is 0 Å². The van der Waals surface area contributed by atoms with Crippen molar-refractivity contribution in [2.45, 2.75) is 19.9 Å². The maximum atomic E-state index is 5.58. The summed E-state index contributed by atoms with van der Waals surface area (Å²) in [6.07, 6.45) is 1.52. The minimum absolute atomic E-state index is 0.138. The summed E-state index contributed by atoms with van der Waals surface area (Å²) in [5.74, 6) is 0.609. The van der Waals surface area contributed by atoms with E-state index < -0.39 is 0 Å². The summed E-state index contributed by atoms with van der Waals surface area (Å²) in [6, 6.07) is 0.169. The lowest BCUT2D eigenvalue weighted by Crippen LogP contribution is -2.22. The van der Waals surface area contributed by atoms with Crippen LogP contribution in [0.25, 0.3) is 0 Å². The highest BCUT2D eigenvalue weighted by atomic mass is 35.5. The molecule has 0 aliphatic rings. The minimum atomic E-state index is 0.138. The zero-order chi connectivity index (χ0) is 10.4. The molecule has 0 fully saturated rings. The number of rotatable bonds is 5. The third-order valence-corrected chi connectivity index (χ3v) is 1.66. The van der Waals surface area contributed by atoms with Crippen molar-refractivity contribution >= 4 is 17.4 Å². The van der Waals surface area contributed by atoms with Gasteiger partial charge < -0.3 is 10.1 Å². The van der Waals surface area contributed by atoms with Crippen LogP contribution in [0.1, 0.15) is 13.8 Å². The largest absolute Gasteiger partial charge is 0.380 e. The zero-order valence-electron chi connectivity index (χ0n) is 8.20. The van der Waals surface area contributed by atoms with E-state index in [1.54, 1.807) is 0 Å². The van der Waals surface area contributed by atoms with Gasteiger partial charge in [-0.1, -0.05) is 0 Å². The predicted molar refractivity (Wildman–Crippen MR) is 54.4 cm³/mol. The van der Waals surface area contributed by atoms with Crippen molar-refractivity contribution in [1.82, 2.24) is 15.2 Å². The number of anilines is 1. The maximum absolute atomic E-state index is 5.58. The Kier molecular flexibility index (Phi) is 4.55. The highest BCUT2D eigenvalue weighted by Crippen LogP contribution is 2.05. The van der Waals surface area contributed by atoms with E-state index in [-0.39, 0.29) is 11.3 Å². The van der Waals surface area contributed by atoms with E-state index in [2.05, 4.69) is 20.5 Å². The van der Waals surface area contributed by atoms with Crippen LogP contribution in [0.4, 0.5) is 5.82 Å². The number of nitrogens with one attached hydrogen (secondary N) is 1. The molecule has 1 aromatic rings. The molecule has 1 N–H and O–H groups in total. The quantitative estimate of drug-likeness (QED) is 0.806. The molecule has 0 aliphatic heterocycles. The van der Waals surface area contributed by atoms with Gasteiger partial charge in [0, 0.05) is 12.6 Å². The van der Waals surface area contributed by atoms with Crippen molar-refractivity contribution in [3.63, 3.8) is 0 Å². The second kappa shape index (κ2) is 5.72. The van der Waals surface area contributed by atoms with Crippen LogP contribution in [0, 0.1) is 0 Å². The first-order chi connectivity index (χ1) is 6.72. The Morgan fingerprint density at radius 1 is 1.64 bits per heavy atom. The molecule has 0 aromatic carbocycles. The fourth-order valence-electron chi connectivity index (χ4n) is 0.940. The molecule has 1 atom stereocenters. The van der Waals surface area contributed by atoms with Crippen molar-refractivity contribution in [1.29, 1.82) is 0 Å². The number of ether oxygens (including phenoxy) is 1. The van der Waals surface area contributed by atoms with Crippen LogP contribution in [0.5, 0.6) is 0 Å². The average molecular weight is 217 g/mol. The molecule has 0 aliphatic carbocycles. The summed E-state index contributed by atoms with van der Waals surface area (Å²) in [5, 5.41) is 10.4. The van der Waals surface area contributed by atoms with Gasteiger partial charge in [0.15, 0.2) is 0 Å². The molecule has 1 heterocycles. The Morgan fingerprint density at radius 2 is 2.43 bits per heavy atom. The fourth-order valence-corrected chi connectivity index (χ4v) is 1.07. The fraction of sp³-hybridized carbons (Fsp3) is 0.625. The second-order valence-corrected chi connectivity index (χ2v) is 3.15. The summed E-state index contributed by atoms with van der Waals surface area (Å²) < 4.78 is 5.24. The van der Waals surface area contributed by atoms with Crippen LogP contribution in [0.2, 0.25) is 5.28 Å². The third kappa shape index (κ3) is 3.85. The predicted octanol–water partition coefficient (Wildman–Crippen LogP) is 1.36. The Hall–Kier alpha value is -0.940. The van der Waals surface area contributed by atoms with Crippen LogP contribution < -0.4 is 5.32 Å². The molecule has 0 saturated heterocycles. The van der Waals surface area contributed by atoms with E-state index in [9.17, 15) is 0 Å². The number of hydrogen-bond donors (Lipinski definition) is 1. The summed E-state index contributed by atoms with van der Waals surface area (Å²) >= 11 is 5.58. The molecule has 78 valence electrons. The lowest BCUT2D eigenvalue weighted by atomic mass is 10.3. The molecule has 0 bridgehead atoms. The molecular weight excluding hydrogens is 204 g/mol. The summed E-state index contributed by atoms with van der Waals surface area (Å²) in [4.78, 5) is 3.95. The highest BCUT2D eigenvalue weighted by molar-refractivity contribution is 6.28. The van der Waals surface area contributed by atoms with E-state index in [1.165, 1.54) is 6.20 Å². The van der Waals surface area contributed by atoms with E-state index in [4.69, 9.17) is 16.3 Å². The number of nitrogens with zero attached hydrogens (tertiary/aromatic N) is 3. The van der Waals surface area contributed by atoms with Gasteiger partial charge in [0.2, 0.25) is 5.28 Å². The molecule has 14 heavy (non-hydrogen) atoms. The van der Waals surface area contributed by atoms with Crippen LogP contribution in [-0.2, 0) is 4.74 Å². The van der Waals surface area contributed by atoms with Gasteiger partial charge in [-0.3, -0.25) is 0 Å². The molecule has 0 amide bonds. The Labute approximate surface area is 87.9 Å². The summed E-state index contributed by atoms with van der Waals surface area (Å²) in [5.41, 5.74) is 0. The van der Waals surface area contributed by atoms with Gasteiger partial charge in [-0.05, 0) is 25.4 Å². The smallest absolute Gasteiger partial charge is 0.244 e. The third-order valence-electron chi connectivity index (χ3n) is 1.50. The molecule has 0 saturated carbocycles. The molecule has 0 radical (unpaired) electrons. The Balaban J connectivity index is 2.43. The first kappa shape index (κ1) is 11.1. The zero-order valence-corrected chi connectivity index (χ0v) is 8.95. The van der Waals surface area contributed by atoms with Crippen molar-refractivity contribution < 1.29 is 4.74 Å². The lowest BCUT2D eigenvalue weighted by Gasteiger charge is -2.13. The molecule has 1 unspecified atom stereocenters. The lowest BCUT2D eigenvalue weighted by molar-refractivity contribution is 0.141. The van der Waals surface area contributed by atoms with Crippen LogP contribution in [-0.4, -0.2) is 34.4 Å². The van der Waals surface area contributed by atoms with E-state index in [1.807, 2.05) is 13.8 Å². The molecular formula is C8H13ClN4O. The maximum Gasteiger partial charge on any atom is 0.244 e. The molecule has 6 heteroatoms. The minimum Gasteiger partial charge on any atom is -0.380 e. The number of aromatic nitrogens is 3. The van der Waals surface area contributed by atoms with Crippen molar-refractivity contribution in [3.05, 3.63) is 11.5 Å². The molecule has 0 spiro atoms. The van der Waals surface area contributed by atoms with E-state index in [0.29, 0.717) is 19.0 Å². The van der Waals surface area contributed by atoms with Gasteiger partial charge in [0.1, 0.15) is 5.82 Å². The number of halogens is 1. The van der Waals surface area contributed by atoms with Crippen LogP contribution in [0.3, 0.4) is 0 Å². The highest BCUT2D eigenvalue weighted by Gasteiger charge is 2.03. The topological polar surface area (TPSA) is 59.9 Å². The Bertz CT molecular complexity index is 284. The first-order valence-electron chi connectivity index (χ1n) is 4.42. The average Bonchev–Trinajstić information content (AvgIpc) is 2.15. The van der Waals surface area contributed by atoms with Gasteiger partial charge in [-0.25, -0.2) is 0 Å². The Morgan fingerprint density at radius 3 is 3.07 bits per heavy atom. The monoisotopic (exact) mass is 216 g/mol. The SMILES string of the molecule is CCOCC(C)Nc1cnnc(Cl)n1. The van der Waals surface area contributed by atoms with Crippen LogP contribution in [0.15, 0.2) is 6.20 Å². The second-order valence-electron chi connectivity index (χ2n) is 2.82. The van der Waals surface area contributed by atoms with Gasteiger partial charge in [0.05, 0.1) is 12.8 Å². The standard InChI is InChI=1S/C8H13ClN4O/c1-3-14-5-6(2)11-7-4-10-13-8(9)12-7/h4,6H,3,5H2,1-2H3,(H,11,12,13). The van der Waals surface area contributed by atoms with Gasteiger partial charge in [0.25, 0.3) is 0 Å². The van der Waals surface area contributed by atoms with Crippen LogP contribution >= 0.6 is 11.6 Å². The molecule has 1 aromatic heterocycles. The van der Waals surface area contributed by atoms with E-state index >= 15 is 0 Å². The van der Waals surface area contributed by atoms with Gasteiger partial charge in [-0.15, -0.1) is 5.10 Å². The molecule has 1 rings (SSSR count).